The van der Waals surface area contributed by atoms with Gasteiger partial charge in [-0.05, 0) is 74.9 Å². The SMILES string of the molecule is CC(N)(CCCCB(O)O)C1CCC(c2ccc(Cl)cc2)CC1. The number of benzene rings is 1. The van der Waals surface area contributed by atoms with E-state index < -0.39 is 7.12 Å². The van der Waals surface area contributed by atoms with Crippen LogP contribution < -0.4 is 5.73 Å². The first-order valence-corrected chi connectivity index (χ1v) is 9.17. The fourth-order valence-corrected chi connectivity index (χ4v) is 3.98. The van der Waals surface area contributed by atoms with Gasteiger partial charge in [0, 0.05) is 10.6 Å². The van der Waals surface area contributed by atoms with E-state index in [-0.39, 0.29) is 5.54 Å². The molecule has 0 saturated heterocycles. The molecular formula is C18H29BClNO2. The normalized spacial score (nSPS) is 24.2. The van der Waals surface area contributed by atoms with Crippen LogP contribution in [0.1, 0.15) is 63.4 Å². The first-order chi connectivity index (χ1) is 10.9. The maximum atomic E-state index is 8.90. The predicted molar refractivity (Wildman–Crippen MR) is 97.6 cm³/mol. The van der Waals surface area contributed by atoms with E-state index in [4.69, 9.17) is 27.4 Å². The third-order valence-corrected chi connectivity index (χ3v) is 5.68. The summed E-state index contributed by atoms with van der Waals surface area (Å²) in [6.45, 7) is 2.16. The molecule has 1 aromatic carbocycles. The van der Waals surface area contributed by atoms with E-state index >= 15 is 0 Å². The van der Waals surface area contributed by atoms with Gasteiger partial charge in [-0.1, -0.05) is 36.6 Å². The zero-order valence-electron chi connectivity index (χ0n) is 14.0. The summed E-state index contributed by atoms with van der Waals surface area (Å²) in [6.07, 6.45) is 7.90. The first-order valence-electron chi connectivity index (χ1n) is 8.79. The lowest BCUT2D eigenvalue weighted by Gasteiger charge is -2.39. The van der Waals surface area contributed by atoms with Gasteiger partial charge in [0.25, 0.3) is 0 Å². The minimum atomic E-state index is -1.19. The molecule has 128 valence electrons. The molecule has 23 heavy (non-hydrogen) atoms. The summed E-state index contributed by atoms with van der Waals surface area (Å²) in [5, 5.41) is 18.6. The van der Waals surface area contributed by atoms with Crippen LogP contribution in [0.15, 0.2) is 24.3 Å². The second-order valence-corrected chi connectivity index (χ2v) is 7.77. The Hall–Kier alpha value is -0.545. The second-order valence-electron chi connectivity index (χ2n) is 7.33. The summed E-state index contributed by atoms with van der Waals surface area (Å²) >= 11 is 5.97. The molecule has 0 radical (unpaired) electrons. The summed E-state index contributed by atoms with van der Waals surface area (Å²) in [7, 11) is -1.19. The molecule has 1 aromatic rings. The average molecular weight is 338 g/mol. The van der Waals surface area contributed by atoms with Crippen molar-refractivity contribution in [3.63, 3.8) is 0 Å². The molecule has 0 spiro atoms. The second kappa shape index (κ2) is 8.52. The molecule has 2 rings (SSSR count). The summed E-state index contributed by atoms with van der Waals surface area (Å²) < 4.78 is 0. The molecule has 0 aliphatic heterocycles. The Bertz CT molecular complexity index is 470. The van der Waals surface area contributed by atoms with Gasteiger partial charge in [-0.15, -0.1) is 0 Å². The Labute approximate surface area is 145 Å². The highest BCUT2D eigenvalue weighted by Gasteiger charge is 2.33. The van der Waals surface area contributed by atoms with Gasteiger partial charge in [-0.2, -0.15) is 0 Å². The maximum absolute atomic E-state index is 8.90. The molecule has 0 amide bonds. The number of nitrogens with two attached hydrogens (primary N) is 1. The van der Waals surface area contributed by atoms with Crippen molar-refractivity contribution >= 4 is 18.7 Å². The van der Waals surface area contributed by atoms with E-state index in [0.717, 1.165) is 24.3 Å². The van der Waals surface area contributed by atoms with Crippen LogP contribution in [0, 0.1) is 5.92 Å². The lowest BCUT2D eigenvalue weighted by atomic mass is 9.69. The van der Waals surface area contributed by atoms with Gasteiger partial charge in [0.15, 0.2) is 0 Å². The van der Waals surface area contributed by atoms with Gasteiger partial charge in [-0.3, -0.25) is 0 Å². The molecule has 1 aliphatic rings. The summed E-state index contributed by atoms with van der Waals surface area (Å²) in [5.41, 5.74) is 7.81. The first kappa shape index (κ1) is 18.8. The van der Waals surface area contributed by atoms with Gasteiger partial charge in [-0.25, -0.2) is 0 Å². The Morgan fingerprint density at radius 2 is 1.74 bits per heavy atom. The van der Waals surface area contributed by atoms with Gasteiger partial charge < -0.3 is 15.8 Å². The predicted octanol–water partition coefficient (Wildman–Crippen LogP) is 3.97. The maximum Gasteiger partial charge on any atom is 0.451 e. The quantitative estimate of drug-likeness (QED) is 0.521. The number of unbranched alkanes of at least 4 members (excludes halogenated alkanes) is 1. The minimum Gasteiger partial charge on any atom is -0.427 e. The third kappa shape index (κ3) is 5.79. The average Bonchev–Trinajstić information content (AvgIpc) is 2.52. The minimum absolute atomic E-state index is 0.147. The van der Waals surface area contributed by atoms with E-state index in [1.807, 2.05) is 12.1 Å². The zero-order chi connectivity index (χ0) is 16.9. The fourth-order valence-electron chi connectivity index (χ4n) is 3.86. The molecule has 1 unspecified atom stereocenters. The highest BCUT2D eigenvalue weighted by atomic mass is 35.5. The lowest BCUT2D eigenvalue weighted by molar-refractivity contribution is 0.195. The molecule has 0 bridgehead atoms. The molecule has 4 N–H and O–H groups in total. The molecular weight excluding hydrogens is 308 g/mol. The summed E-state index contributed by atoms with van der Waals surface area (Å²) in [4.78, 5) is 0. The third-order valence-electron chi connectivity index (χ3n) is 5.43. The van der Waals surface area contributed by atoms with E-state index in [9.17, 15) is 0 Å². The molecule has 1 aliphatic carbocycles. The van der Waals surface area contributed by atoms with Crippen LogP contribution in [0.2, 0.25) is 11.3 Å². The summed E-state index contributed by atoms with van der Waals surface area (Å²) in [6, 6.07) is 8.25. The summed E-state index contributed by atoms with van der Waals surface area (Å²) in [5.74, 6) is 1.19. The smallest absolute Gasteiger partial charge is 0.427 e. The number of rotatable bonds is 7. The van der Waals surface area contributed by atoms with Crippen molar-refractivity contribution in [3.05, 3.63) is 34.9 Å². The van der Waals surface area contributed by atoms with Crippen molar-refractivity contribution in [1.82, 2.24) is 0 Å². The van der Waals surface area contributed by atoms with Crippen LogP contribution in [0.4, 0.5) is 0 Å². The van der Waals surface area contributed by atoms with Crippen molar-refractivity contribution in [1.29, 1.82) is 0 Å². The number of hydrogen-bond donors (Lipinski definition) is 3. The highest BCUT2D eigenvalue weighted by Crippen LogP contribution is 2.40. The van der Waals surface area contributed by atoms with Crippen molar-refractivity contribution in [2.75, 3.05) is 0 Å². The zero-order valence-corrected chi connectivity index (χ0v) is 14.8. The molecule has 0 heterocycles. The van der Waals surface area contributed by atoms with E-state index in [0.29, 0.717) is 18.2 Å². The van der Waals surface area contributed by atoms with Crippen LogP contribution in [-0.2, 0) is 0 Å². The van der Waals surface area contributed by atoms with Gasteiger partial charge in [0.05, 0.1) is 0 Å². The monoisotopic (exact) mass is 337 g/mol. The largest absolute Gasteiger partial charge is 0.451 e. The van der Waals surface area contributed by atoms with Crippen molar-refractivity contribution in [3.8, 4) is 0 Å². The molecule has 1 saturated carbocycles. The van der Waals surface area contributed by atoms with E-state index in [1.54, 1.807) is 0 Å². The molecule has 3 nitrogen and oxygen atoms in total. The Morgan fingerprint density at radius 3 is 2.30 bits per heavy atom. The number of halogens is 1. The van der Waals surface area contributed by atoms with Gasteiger partial charge in [0.2, 0.25) is 0 Å². The van der Waals surface area contributed by atoms with E-state index in [1.165, 1.54) is 31.2 Å². The van der Waals surface area contributed by atoms with Crippen LogP contribution in [0.5, 0.6) is 0 Å². The van der Waals surface area contributed by atoms with E-state index in [2.05, 4.69) is 19.1 Å². The molecule has 1 atom stereocenters. The lowest BCUT2D eigenvalue weighted by Crippen LogP contribution is -2.45. The Kier molecular flexibility index (Phi) is 6.96. The molecule has 1 fully saturated rings. The van der Waals surface area contributed by atoms with Crippen molar-refractivity contribution in [2.45, 2.75) is 69.6 Å². The molecule has 0 aromatic heterocycles. The Balaban J connectivity index is 1.79. The fraction of sp³-hybridized carbons (Fsp3) is 0.667. The standard InChI is InChI=1S/C18H29BClNO2/c1-18(21,12-2-3-13-19(22)23)16-8-4-14(5-9-16)15-6-10-17(20)11-7-15/h6-7,10-11,14,16,22-23H,2-5,8-9,12-13,21H2,1H3. The van der Waals surface area contributed by atoms with Crippen LogP contribution in [-0.4, -0.2) is 22.7 Å². The van der Waals surface area contributed by atoms with Crippen LogP contribution >= 0.6 is 11.6 Å². The topological polar surface area (TPSA) is 66.5 Å². The van der Waals surface area contributed by atoms with Crippen molar-refractivity contribution < 1.29 is 10.0 Å². The number of hydrogen-bond acceptors (Lipinski definition) is 3. The van der Waals surface area contributed by atoms with Crippen molar-refractivity contribution in [2.24, 2.45) is 11.7 Å². The van der Waals surface area contributed by atoms with Crippen LogP contribution in [0.3, 0.4) is 0 Å². The Morgan fingerprint density at radius 1 is 1.13 bits per heavy atom. The van der Waals surface area contributed by atoms with Gasteiger partial charge >= 0.3 is 7.12 Å². The van der Waals surface area contributed by atoms with Gasteiger partial charge in [0.1, 0.15) is 0 Å². The highest BCUT2D eigenvalue weighted by molar-refractivity contribution is 6.40. The molecule has 5 heteroatoms. The van der Waals surface area contributed by atoms with Crippen LogP contribution in [0.25, 0.3) is 0 Å².